The molecule has 0 amide bonds. The zero-order valence-electron chi connectivity index (χ0n) is 10.1. The van der Waals surface area contributed by atoms with Gasteiger partial charge in [0.25, 0.3) is 0 Å². The molecule has 0 spiro atoms. The van der Waals surface area contributed by atoms with Crippen LogP contribution in [0.3, 0.4) is 0 Å². The van der Waals surface area contributed by atoms with Crippen molar-refractivity contribution in [3.63, 3.8) is 0 Å². The van der Waals surface area contributed by atoms with Crippen LogP contribution < -0.4 is 4.74 Å². The van der Waals surface area contributed by atoms with Crippen molar-refractivity contribution in [1.82, 2.24) is 0 Å². The van der Waals surface area contributed by atoms with E-state index in [0.717, 1.165) is 30.4 Å². The van der Waals surface area contributed by atoms with Crippen molar-refractivity contribution in [2.75, 3.05) is 6.61 Å². The van der Waals surface area contributed by atoms with Crippen LogP contribution in [0.4, 0.5) is 13.2 Å². The van der Waals surface area contributed by atoms with Gasteiger partial charge in [0.1, 0.15) is 12.4 Å². The number of rotatable bonds is 3. The quantitative estimate of drug-likeness (QED) is 0.801. The first-order chi connectivity index (χ1) is 9.38. The molecule has 0 aliphatic heterocycles. The number of ketones is 2. The molecular formula is C14H9F3O3. The van der Waals surface area contributed by atoms with E-state index in [-0.39, 0.29) is 17.9 Å². The third-order valence-electron chi connectivity index (χ3n) is 2.61. The van der Waals surface area contributed by atoms with Gasteiger partial charge in [0.05, 0.1) is 5.56 Å². The van der Waals surface area contributed by atoms with Crippen LogP contribution in [0.5, 0.6) is 5.75 Å². The van der Waals surface area contributed by atoms with Crippen LogP contribution in [0, 0.1) is 0 Å². The fourth-order valence-corrected chi connectivity index (χ4v) is 1.65. The van der Waals surface area contributed by atoms with Crippen molar-refractivity contribution < 1.29 is 27.5 Å². The Kier molecular flexibility index (Phi) is 3.74. The number of carbonyl (C=O) groups is 2. The lowest BCUT2D eigenvalue weighted by Crippen LogP contribution is -2.16. The number of halogens is 3. The number of alkyl halides is 3. The average molecular weight is 282 g/mol. The third-order valence-corrected chi connectivity index (χ3v) is 2.61. The summed E-state index contributed by atoms with van der Waals surface area (Å²) in [4.78, 5) is 22.5. The Labute approximate surface area is 112 Å². The molecule has 0 fully saturated rings. The first kappa shape index (κ1) is 14.0. The second-order valence-corrected chi connectivity index (χ2v) is 4.05. The summed E-state index contributed by atoms with van der Waals surface area (Å²) < 4.78 is 43.2. The molecule has 1 aliphatic carbocycles. The highest BCUT2D eigenvalue weighted by molar-refractivity contribution is 6.17. The number of carbonyl (C=O) groups excluding carboxylic acids is 2. The van der Waals surface area contributed by atoms with Gasteiger partial charge in [-0.3, -0.25) is 9.59 Å². The highest BCUT2D eigenvalue weighted by Gasteiger charge is 2.34. The molecule has 0 atom stereocenters. The van der Waals surface area contributed by atoms with Crippen molar-refractivity contribution in [3.8, 4) is 5.75 Å². The van der Waals surface area contributed by atoms with Crippen molar-refractivity contribution >= 4 is 11.6 Å². The van der Waals surface area contributed by atoms with Gasteiger partial charge in [-0.2, -0.15) is 13.2 Å². The lowest BCUT2D eigenvalue weighted by molar-refractivity contribution is -0.138. The van der Waals surface area contributed by atoms with E-state index in [2.05, 4.69) is 0 Å². The molecule has 104 valence electrons. The highest BCUT2D eigenvalue weighted by Crippen LogP contribution is 2.36. The minimum absolute atomic E-state index is 0.0227. The van der Waals surface area contributed by atoms with E-state index in [9.17, 15) is 22.8 Å². The maximum atomic E-state index is 12.7. The summed E-state index contributed by atoms with van der Waals surface area (Å²) in [5, 5.41) is 0. The molecule has 0 bridgehead atoms. The van der Waals surface area contributed by atoms with Gasteiger partial charge in [-0.1, -0.05) is 12.1 Å². The van der Waals surface area contributed by atoms with Gasteiger partial charge in [-0.05, 0) is 30.4 Å². The molecule has 0 N–H and O–H groups in total. The Morgan fingerprint density at radius 2 is 1.75 bits per heavy atom. The summed E-state index contributed by atoms with van der Waals surface area (Å²) >= 11 is 0. The Bertz CT molecular complexity index is 612. The minimum Gasteiger partial charge on any atom is -0.488 e. The SMILES string of the molecule is O=C1C=CC(=O)C(COc2ccccc2C(F)(F)F)=C1. The van der Waals surface area contributed by atoms with Crippen molar-refractivity contribution in [1.29, 1.82) is 0 Å². The molecule has 0 saturated carbocycles. The van der Waals surface area contributed by atoms with E-state index in [1.165, 1.54) is 12.1 Å². The second-order valence-electron chi connectivity index (χ2n) is 4.05. The molecule has 20 heavy (non-hydrogen) atoms. The van der Waals surface area contributed by atoms with Gasteiger partial charge in [0.15, 0.2) is 11.6 Å². The predicted octanol–water partition coefficient (Wildman–Crippen LogP) is 2.72. The monoisotopic (exact) mass is 282 g/mol. The molecular weight excluding hydrogens is 273 g/mol. The summed E-state index contributed by atoms with van der Waals surface area (Å²) in [5.41, 5.74) is -0.903. The number of ether oxygens (including phenoxy) is 1. The number of benzene rings is 1. The molecule has 0 aromatic heterocycles. The van der Waals surface area contributed by atoms with E-state index in [0.29, 0.717) is 0 Å². The molecule has 2 rings (SSSR count). The average Bonchev–Trinajstić information content (AvgIpc) is 2.39. The molecule has 1 aromatic rings. The van der Waals surface area contributed by atoms with Crippen molar-refractivity contribution in [2.45, 2.75) is 6.18 Å². The standard InChI is InChI=1S/C14H9F3O3/c15-14(16,17)11-3-1-2-4-13(11)20-8-9-7-10(18)5-6-12(9)19/h1-7H,8H2. The van der Waals surface area contributed by atoms with Crippen LogP contribution in [-0.2, 0) is 15.8 Å². The molecule has 1 aromatic carbocycles. The highest BCUT2D eigenvalue weighted by atomic mass is 19.4. The first-order valence-corrected chi connectivity index (χ1v) is 5.64. The van der Waals surface area contributed by atoms with Crippen LogP contribution in [0.1, 0.15) is 5.56 Å². The molecule has 0 radical (unpaired) electrons. The molecule has 0 heterocycles. The lowest BCUT2D eigenvalue weighted by atomic mass is 10.0. The van der Waals surface area contributed by atoms with Gasteiger partial charge in [0, 0.05) is 5.57 Å². The smallest absolute Gasteiger partial charge is 0.419 e. The summed E-state index contributed by atoms with van der Waals surface area (Å²) in [5.74, 6) is -1.22. The lowest BCUT2D eigenvalue weighted by Gasteiger charge is -2.14. The van der Waals surface area contributed by atoms with Crippen molar-refractivity contribution in [2.24, 2.45) is 0 Å². The second kappa shape index (κ2) is 5.32. The maximum absolute atomic E-state index is 12.7. The fraction of sp³-hybridized carbons (Fsp3) is 0.143. The fourth-order valence-electron chi connectivity index (χ4n) is 1.65. The minimum atomic E-state index is -4.54. The van der Waals surface area contributed by atoms with Gasteiger partial charge in [-0.15, -0.1) is 0 Å². The Morgan fingerprint density at radius 1 is 1.05 bits per heavy atom. The van der Waals surface area contributed by atoms with Gasteiger partial charge >= 0.3 is 6.18 Å². The Balaban J connectivity index is 2.16. The summed E-state index contributed by atoms with van der Waals surface area (Å²) in [6.07, 6.45) is -1.33. The zero-order chi connectivity index (χ0) is 14.8. The Hall–Kier alpha value is -2.37. The van der Waals surface area contributed by atoms with Gasteiger partial charge in [0.2, 0.25) is 0 Å². The zero-order valence-corrected chi connectivity index (χ0v) is 10.1. The number of hydrogen-bond acceptors (Lipinski definition) is 3. The first-order valence-electron chi connectivity index (χ1n) is 5.64. The van der Waals surface area contributed by atoms with E-state index in [1.807, 2.05) is 0 Å². The number of hydrogen-bond donors (Lipinski definition) is 0. The Morgan fingerprint density at radius 3 is 2.45 bits per heavy atom. The molecule has 1 aliphatic rings. The largest absolute Gasteiger partial charge is 0.488 e. The maximum Gasteiger partial charge on any atom is 0.419 e. The summed E-state index contributed by atoms with van der Waals surface area (Å²) in [7, 11) is 0. The van der Waals surface area contributed by atoms with Crippen LogP contribution in [0.25, 0.3) is 0 Å². The summed E-state index contributed by atoms with van der Waals surface area (Å²) in [6, 6.07) is 4.69. The van der Waals surface area contributed by atoms with E-state index >= 15 is 0 Å². The van der Waals surface area contributed by atoms with Crippen molar-refractivity contribution in [3.05, 3.63) is 53.6 Å². The van der Waals surface area contributed by atoms with Crippen LogP contribution >= 0.6 is 0 Å². The normalized spacial score (nSPS) is 15.2. The number of para-hydroxylation sites is 1. The molecule has 3 nitrogen and oxygen atoms in total. The topological polar surface area (TPSA) is 43.4 Å². The van der Waals surface area contributed by atoms with Gasteiger partial charge < -0.3 is 4.74 Å². The van der Waals surface area contributed by atoms with E-state index < -0.39 is 23.3 Å². The molecule has 0 saturated heterocycles. The van der Waals surface area contributed by atoms with Crippen LogP contribution in [0.15, 0.2) is 48.1 Å². The molecule has 0 unspecified atom stereocenters. The van der Waals surface area contributed by atoms with Crippen LogP contribution in [0.2, 0.25) is 0 Å². The van der Waals surface area contributed by atoms with Crippen LogP contribution in [-0.4, -0.2) is 18.2 Å². The van der Waals surface area contributed by atoms with E-state index in [1.54, 1.807) is 0 Å². The number of allylic oxidation sites excluding steroid dienone is 3. The summed E-state index contributed by atoms with van der Waals surface area (Å²) in [6.45, 7) is -0.387. The molecule has 6 heteroatoms. The van der Waals surface area contributed by atoms with Gasteiger partial charge in [-0.25, -0.2) is 0 Å². The third kappa shape index (κ3) is 3.14. The predicted molar refractivity (Wildman–Crippen MR) is 64.2 cm³/mol. The van der Waals surface area contributed by atoms with E-state index in [4.69, 9.17) is 4.74 Å².